The Hall–Kier alpha value is -3.78. The summed E-state index contributed by atoms with van der Waals surface area (Å²) in [5.74, 6) is 1.79. The van der Waals surface area contributed by atoms with Crippen LogP contribution in [0.1, 0.15) is 43.7 Å². The average Bonchev–Trinajstić information content (AvgIpc) is 3.34. The lowest BCUT2D eigenvalue weighted by molar-refractivity contribution is 0.227. The highest BCUT2D eigenvalue weighted by Crippen LogP contribution is 2.38. The highest BCUT2D eigenvalue weighted by Gasteiger charge is 2.26. The molecule has 0 radical (unpaired) electrons. The lowest BCUT2D eigenvalue weighted by Crippen LogP contribution is -2.44. The Bertz CT molecular complexity index is 1370. The Morgan fingerprint density at radius 2 is 1.89 bits per heavy atom. The monoisotopic (exact) mass is 532 g/mol. The van der Waals surface area contributed by atoms with Gasteiger partial charge in [-0.15, -0.1) is 11.6 Å². The first-order valence-electron chi connectivity index (χ1n) is 13.1. The predicted molar refractivity (Wildman–Crippen MR) is 151 cm³/mol. The molecular formula is C29H33ClN6O2. The topological polar surface area (TPSA) is 107 Å². The summed E-state index contributed by atoms with van der Waals surface area (Å²) in [5.41, 5.74) is 10.3. The fourth-order valence-corrected chi connectivity index (χ4v) is 5.24. The van der Waals surface area contributed by atoms with Gasteiger partial charge in [-0.1, -0.05) is 42.5 Å². The van der Waals surface area contributed by atoms with Crippen LogP contribution >= 0.6 is 11.6 Å². The summed E-state index contributed by atoms with van der Waals surface area (Å²) in [6, 6.07) is 18.5. The van der Waals surface area contributed by atoms with Crippen molar-refractivity contribution in [1.82, 2.24) is 25.2 Å². The van der Waals surface area contributed by atoms with E-state index in [0.717, 1.165) is 65.6 Å². The van der Waals surface area contributed by atoms with Crippen LogP contribution in [0, 0.1) is 0 Å². The van der Waals surface area contributed by atoms with Crippen LogP contribution in [-0.4, -0.2) is 39.0 Å². The van der Waals surface area contributed by atoms with Gasteiger partial charge >= 0.3 is 6.03 Å². The van der Waals surface area contributed by atoms with Crippen molar-refractivity contribution in [2.24, 2.45) is 0 Å². The number of nitrogens with zero attached hydrogens (tertiary/aromatic N) is 3. The van der Waals surface area contributed by atoms with Gasteiger partial charge in [-0.3, -0.25) is 0 Å². The van der Waals surface area contributed by atoms with Crippen LogP contribution < -0.4 is 21.1 Å². The molecule has 2 heterocycles. The summed E-state index contributed by atoms with van der Waals surface area (Å²) in [4.78, 5) is 21.1. The van der Waals surface area contributed by atoms with Crippen molar-refractivity contribution in [3.63, 3.8) is 0 Å². The van der Waals surface area contributed by atoms with Gasteiger partial charge in [-0.2, -0.15) is 0 Å². The van der Waals surface area contributed by atoms with Gasteiger partial charge in [-0.25, -0.2) is 14.8 Å². The molecule has 5 rings (SSSR count). The van der Waals surface area contributed by atoms with Crippen LogP contribution in [-0.2, 0) is 6.61 Å². The van der Waals surface area contributed by atoms with Gasteiger partial charge in [0.15, 0.2) is 0 Å². The first-order chi connectivity index (χ1) is 18.6. The molecule has 0 unspecified atom stereocenters. The zero-order chi connectivity index (χ0) is 26.3. The van der Waals surface area contributed by atoms with Crippen LogP contribution in [0.2, 0.25) is 0 Å². The van der Waals surface area contributed by atoms with E-state index in [0.29, 0.717) is 24.8 Å². The number of nitrogens with two attached hydrogens (primary N) is 1. The van der Waals surface area contributed by atoms with E-state index in [1.54, 1.807) is 0 Å². The quantitative estimate of drug-likeness (QED) is 0.190. The number of aromatic nitrogens is 3. The van der Waals surface area contributed by atoms with Crippen LogP contribution in [0.3, 0.4) is 0 Å². The molecule has 4 aromatic rings. The molecule has 4 N–H and O–H groups in total. The maximum atomic E-state index is 12.2. The molecule has 9 heteroatoms. The van der Waals surface area contributed by atoms with Gasteiger partial charge in [0.1, 0.15) is 30.1 Å². The number of nitrogens with one attached hydrogen (secondary N) is 2. The van der Waals surface area contributed by atoms with E-state index in [9.17, 15) is 4.79 Å². The summed E-state index contributed by atoms with van der Waals surface area (Å²) in [6.45, 7) is 1.09. The minimum atomic E-state index is -0.123. The second-order valence-electron chi connectivity index (χ2n) is 9.66. The maximum Gasteiger partial charge on any atom is 0.315 e. The molecule has 1 saturated carbocycles. The molecule has 38 heavy (non-hydrogen) atoms. The zero-order valence-electron chi connectivity index (χ0n) is 21.3. The molecule has 8 nitrogen and oxygen atoms in total. The lowest BCUT2D eigenvalue weighted by Gasteiger charge is -2.30. The second-order valence-corrected chi connectivity index (χ2v) is 10.0. The van der Waals surface area contributed by atoms with Gasteiger partial charge < -0.3 is 25.7 Å². The highest BCUT2D eigenvalue weighted by molar-refractivity contribution is 6.17. The molecule has 1 aliphatic rings. The predicted octanol–water partition coefficient (Wildman–Crippen LogP) is 5.67. The number of nitrogen functional groups attached to an aromatic ring is 1. The number of benzene rings is 2. The lowest BCUT2D eigenvalue weighted by atomic mass is 9.91. The molecular weight excluding hydrogens is 500 g/mol. The number of hydrogen-bond acceptors (Lipinski definition) is 5. The van der Waals surface area contributed by atoms with E-state index in [1.165, 1.54) is 6.33 Å². The van der Waals surface area contributed by atoms with E-state index < -0.39 is 0 Å². The average molecular weight is 533 g/mol. The normalized spacial score (nSPS) is 17.3. The molecule has 2 aromatic heterocycles. The standard InChI is InChI=1S/C29H33ClN6O2/c30-14-5-15-32-29(37)35-22-10-12-23(13-11-22)36-17-25(26-27(31)33-19-34-28(26)36)21-8-4-9-24(16-21)38-18-20-6-2-1-3-7-20/h1-4,6-9,16-17,19,22-23H,5,10-15,18H2,(H2,31,33,34)(H2,32,35,37)/t22-,23+. The van der Waals surface area contributed by atoms with E-state index >= 15 is 0 Å². The van der Waals surface area contributed by atoms with Gasteiger partial charge in [0.05, 0.1) is 5.39 Å². The molecule has 198 valence electrons. The van der Waals surface area contributed by atoms with Gasteiger partial charge in [0.2, 0.25) is 0 Å². The number of fused-ring (bicyclic) bond motifs is 1. The number of carbonyl (C=O) groups is 1. The van der Waals surface area contributed by atoms with Crippen molar-refractivity contribution < 1.29 is 9.53 Å². The fraction of sp³-hybridized carbons (Fsp3) is 0.345. The number of ether oxygens (including phenoxy) is 1. The Morgan fingerprint density at radius 1 is 1.08 bits per heavy atom. The zero-order valence-corrected chi connectivity index (χ0v) is 22.0. The minimum absolute atomic E-state index is 0.123. The molecule has 1 fully saturated rings. The maximum absolute atomic E-state index is 12.2. The summed E-state index contributed by atoms with van der Waals surface area (Å²) in [7, 11) is 0. The molecule has 2 amide bonds. The molecule has 2 aromatic carbocycles. The van der Waals surface area contributed by atoms with Crippen molar-refractivity contribution >= 4 is 34.5 Å². The number of halogens is 1. The minimum Gasteiger partial charge on any atom is -0.489 e. The SMILES string of the molecule is Nc1ncnc2c1c(-c1cccc(OCc3ccccc3)c1)cn2[C@H]1CC[C@@H](NC(=O)NCCCCl)CC1. The number of carbonyl (C=O) groups excluding carboxylic acids is 1. The van der Waals surface area contributed by atoms with E-state index in [2.05, 4.69) is 37.4 Å². The molecule has 0 spiro atoms. The number of urea groups is 1. The van der Waals surface area contributed by atoms with Crippen LogP contribution in [0.4, 0.5) is 10.6 Å². The van der Waals surface area contributed by atoms with Gasteiger partial charge in [0.25, 0.3) is 0 Å². The van der Waals surface area contributed by atoms with Crippen LogP contribution in [0.15, 0.2) is 67.1 Å². The highest BCUT2D eigenvalue weighted by atomic mass is 35.5. The first-order valence-corrected chi connectivity index (χ1v) is 13.6. The van der Waals surface area contributed by atoms with Crippen LogP contribution in [0.25, 0.3) is 22.2 Å². The van der Waals surface area contributed by atoms with Crippen LogP contribution in [0.5, 0.6) is 5.75 Å². The Balaban J connectivity index is 1.33. The number of amides is 2. The van der Waals surface area contributed by atoms with Crippen molar-refractivity contribution in [3.05, 3.63) is 72.7 Å². The molecule has 0 saturated heterocycles. The molecule has 1 aliphatic carbocycles. The largest absolute Gasteiger partial charge is 0.489 e. The van der Waals surface area contributed by atoms with Gasteiger partial charge in [0, 0.05) is 36.3 Å². The third-order valence-electron chi connectivity index (χ3n) is 7.05. The smallest absolute Gasteiger partial charge is 0.315 e. The van der Waals surface area contributed by atoms with E-state index in [-0.39, 0.29) is 18.1 Å². The summed E-state index contributed by atoms with van der Waals surface area (Å²) in [6.07, 6.45) is 8.08. The van der Waals surface area contributed by atoms with E-state index in [1.807, 2.05) is 48.5 Å². The van der Waals surface area contributed by atoms with E-state index in [4.69, 9.17) is 22.1 Å². The third-order valence-corrected chi connectivity index (χ3v) is 7.32. The number of alkyl halides is 1. The Kier molecular flexibility index (Phi) is 8.28. The first kappa shape index (κ1) is 25.9. The Morgan fingerprint density at radius 3 is 2.68 bits per heavy atom. The fourth-order valence-electron chi connectivity index (χ4n) is 5.10. The Labute approximate surface area is 227 Å². The molecule has 0 aliphatic heterocycles. The second kappa shape index (κ2) is 12.2. The summed E-state index contributed by atoms with van der Waals surface area (Å²) < 4.78 is 8.31. The van der Waals surface area contributed by atoms with Crippen molar-refractivity contribution in [1.29, 1.82) is 0 Å². The molecule has 0 bridgehead atoms. The summed E-state index contributed by atoms with van der Waals surface area (Å²) >= 11 is 5.69. The van der Waals surface area contributed by atoms with Crippen molar-refractivity contribution in [2.75, 3.05) is 18.2 Å². The number of rotatable bonds is 9. The molecule has 0 atom stereocenters. The third kappa shape index (κ3) is 6.02. The summed E-state index contributed by atoms with van der Waals surface area (Å²) in [5, 5.41) is 6.82. The van der Waals surface area contributed by atoms with Gasteiger partial charge in [-0.05, 0) is 55.4 Å². The van der Waals surface area contributed by atoms with Crippen molar-refractivity contribution in [3.8, 4) is 16.9 Å². The number of hydrogen-bond donors (Lipinski definition) is 3. The van der Waals surface area contributed by atoms with Crippen molar-refractivity contribution in [2.45, 2.75) is 50.8 Å². The number of anilines is 1.